The standard InChI is InChI=1S/C19H20N4O3S/c1-12(2)26-15-8-4-6-13(10-15)18-21-22-19(27)23(18)20-11-14-7-5-9-16(25-3)17(14)24/h4-12,24H,1-3H3,(H,22,27)/b20-11+. The van der Waals surface area contributed by atoms with Crippen LogP contribution in [-0.4, -0.2) is 39.4 Å². The molecule has 7 nitrogen and oxygen atoms in total. The lowest BCUT2D eigenvalue weighted by Gasteiger charge is -2.10. The number of hydrogen-bond acceptors (Lipinski definition) is 6. The summed E-state index contributed by atoms with van der Waals surface area (Å²) in [6, 6.07) is 12.7. The number of benzene rings is 2. The van der Waals surface area contributed by atoms with Crippen molar-refractivity contribution in [2.75, 3.05) is 7.11 Å². The lowest BCUT2D eigenvalue weighted by molar-refractivity contribution is 0.242. The van der Waals surface area contributed by atoms with E-state index >= 15 is 0 Å². The molecule has 8 heteroatoms. The van der Waals surface area contributed by atoms with Crippen LogP contribution in [0.4, 0.5) is 0 Å². The minimum Gasteiger partial charge on any atom is -0.504 e. The van der Waals surface area contributed by atoms with Gasteiger partial charge in [0.2, 0.25) is 4.77 Å². The second kappa shape index (κ2) is 8.05. The highest BCUT2D eigenvalue weighted by Crippen LogP contribution is 2.28. The number of aromatic nitrogens is 3. The Labute approximate surface area is 161 Å². The lowest BCUT2D eigenvalue weighted by Crippen LogP contribution is -2.05. The van der Waals surface area contributed by atoms with Crippen LogP contribution >= 0.6 is 12.2 Å². The molecule has 1 aromatic heterocycles. The van der Waals surface area contributed by atoms with Gasteiger partial charge in [-0.2, -0.15) is 14.9 Å². The first-order chi connectivity index (χ1) is 13.0. The fourth-order valence-corrected chi connectivity index (χ4v) is 2.67. The molecular weight excluding hydrogens is 364 g/mol. The number of para-hydroxylation sites is 1. The Hall–Kier alpha value is -3.13. The van der Waals surface area contributed by atoms with Gasteiger partial charge in [0.15, 0.2) is 17.3 Å². The topological polar surface area (TPSA) is 84.7 Å². The van der Waals surface area contributed by atoms with Gasteiger partial charge in [-0.15, -0.1) is 0 Å². The minimum absolute atomic E-state index is 0.00708. The van der Waals surface area contributed by atoms with E-state index in [1.807, 2.05) is 38.1 Å². The maximum Gasteiger partial charge on any atom is 0.216 e. The molecule has 0 saturated carbocycles. The van der Waals surface area contributed by atoms with Crippen LogP contribution in [0.5, 0.6) is 17.2 Å². The zero-order valence-electron chi connectivity index (χ0n) is 15.2. The van der Waals surface area contributed by atoms with Crippen molar-refractivity contribution in [1.29, 1.82) is 0 Å². The van der Waals surface area contributed by atoms with Crippen LogP contribution in [0.25, 0.3) is 11.4 Å². The number of phenols is 1. The Morgan fingerprint density at radius 2 is 2.04 bits per heavy atom. The fraction of sp³-hybridized carbons (Fsp3) is 0.211. The van der Waals surface area contributed by atoms with Crippen LogP contribution in [0.1, 0.15) is 19.4 Å². The molecule has 2 N–H and O–H groups in total. The van der Waals surface area contributed by atoms with E-state index in [-0.39, 0.29) is 11.9 Å². The summed E-state index contributed by atoms with van der Waals surface area (Å²) in [6.45, 7) is 3.93. The molecule has 0 saturated heterocycles. The van der Waals surface area contributed by atoms with E-state index in [1.165, 1.54) is 18.0 Å². The van der Waals surface area contributed by atoms with Crippen LogP contribution < -0.4 is 9.47 Å². The van der Waals surface area contributed by atoms with Crippen molar-refractivity contribution in [3.05, 3.63) is 52.8 Å². The van der Waals surface area contributed by atoms with Gasteiger partial charge in [-0.05, 0) is 50.3 Å². The monoisotopic (exact) mass is 384 g/mol. The number of H-pyrrole nitrogens is 1. The summed E-state index contributed by atoms with van der Waals surface area (Å²) in [5, 5.41) is 21.6. The van der Waals surface area contributed by atoms with Crippen molar-refractivity contribution in [3.63, 3.8) is 0 Å². The SMILES string of the molecule is COc1cccc(/C=N/n2c(-c3cccc(OC(C)C)c3)n[nH]c2=S)c1O. The molecule has 3 rings (SSSR count). The number of methoxy groups -OCH3 is 1. The van der Waals surface area contributed by atoms with Gasteiger partial charge in [0.1, 0.15) is 5.75 Å². The van der Waals surface area contributed by atoms with Gasteiger partial charge in [-0.3, -0.25) is 0 Å². The number of nitrogens with one attached hydrogen (secondary N) is 1. The highest BCUT2D eigenvalue weighted by molar-refractivity contribution is 7.71. The number of phenolic OH excluding ortho intramolecular Hbond substituents is 1. The number of hydrogen-bond donors (Lipinski definition) is 2. The van der Waals surface area contributed by atoms with Gasteiger partial charge < -0.3 is 14.6 Å². The van der Waals surface area contributed by atoms with Gasteiger partial charge in [0.25, 0.3) is 0 Å². The second-order valence-electron chi connectivity index (χ2n) is 6.00. The predicted molar refractivity (Wildman–Crippen MR) is 106 cm³/mol. The van der Waals surface area contributed by atoms with E-state index in [1.54, 1.807) is 18.2 Å². The van der Waals surface area contributed by atoms with Crippen molar-refractivity contribution >= 4 is 18.4 Å². The number of aromatic hydroxyl groups is 1. The number of aromatic amines is 1. The molecule has 0 bridgehead atoms. The first-order valence-electron chi connectivity index (χ1n) is 8.34. The zero-order valence-corrected chi connectivity index (χ0v) is 16.0. The molecule has 1 heterocycles. The average molecular weight is 384 g/mol. The van der Waals surface area contributed by atoms with E-state index in [9.17, 15) is 5.11 Å². The zero-order chi connectivity index (χ0) is 19.4. The van der Waals surface area contributed by atoms with Gasteiger partial charge in [0, 0.05) is 11.1 Å². The van der Waals surface area contributed by atoms with Crippen LogP contribution in [-0.2, 0) is 0 Å². The Balaban J connectivity index is 1.98. The molecule has 0 aliphatic carbocycles. The van der Waals surface area contributed by atoms with Gasteiger partial charge in [-0.25, -0.2) is 5.10 Å². The Morgan fingerprint density at radius 3 is 2.78 bits per heavy atom. The van der Waals surface area contributed by atoms with Crippen molar-refractivity contribution in [1.82, 2.24) is 14.9 Å². The first-order valence-corrected chi connectivity index (χ1v) is 8.75. The van der Waals surface area contributed by atoms with Crippen molar-refractivity contribution in [2.24, 2.45) is 5.10 Å². The average Bonchev–Trinajstić information content (AvgIpc) is 3.01. The van der Waals surface area contributed by atoms with E-state index in [4.69, 9.17) is 21.7 Å². The molecule has 0 amide bonds. The Morgan fingerprint density at radius 1 is 1.26 bits per heavy atom. The van der Waals surface area contributed by atoms with Crippen LogP contribution in [0.3, 0.4) is 0 Å². The minimum atomic E-state index is 0.00708. The van der Waals surface area contributed by atoms with E-state index in [0.717, 1.165) is 11.3 Å². The quantitative estimate of drug-likeness (QED) is 0.496. The van der Waals surface area contributed by atoms with Crippen molar-refractivity contribution < 1.29 is 14.6 Å². The molecule has 27 heavy (non-hydrogen) atoms. The van der Waals surface area contributed by atoms with Gasteiger partial charge in [-0.1, -0.05) is 18.2 Å². The summed E-state index contributed by atoms with van der Waals surface area (Å²) in [4.78, 5) is 0. The second-order valence-corrected chi connectivity index (χ2v) is 6.39. The van der Waals surface area contributed by atoms with Crippen LogP contribution in [0.15, 0.2) is 47.6 Å². The molecule has 0 radical (unpaired) electrons. The largest absolute Gasteiger partial charge is 0.504 e. The number of ether oxygens (including phenoxy) is 2. The molecule has 0 aliphatic heterocycles. The molecule has 0 fully saturated rings. The fourth-order valence-electron chi connectivity index (χ4n) is 2.49. The van der Waals surface area contributed by atoms with Crippen LogP contribution in [0.2, 0.25) is 0 Å². The van der Waals surface area contributed by atoms with Gasteiger partial charge >= 0.3 is 0 Å². The maximum atomic E-state index is 10.2. The van der Waals surface area contributed by atoms with Crippen LogP contribution in [0, 0.1) is 4.77 Å². The highest BCUT2D eigenvalue weighted by Gasteiger charge is 2.11. The third-order valence-corrected chi connectivity index (χ3v) is 3.94. The summed E-state index contributed by atoms with van der Waals surface area (Å²) in [7, 11) is 1.49. The molecule has 140 valence electrons. The maximum absolute atomic E-state index is 10.2. The Kier molecular flexibility index (Phi) is 5.56. The predicted octanol–water partition coefficient (Wildman–Crippen LogP) is 3.99. The molecule has 0 aliphatic rings. The lowest BCUT2D eigenvalue weighted by atomic mass is 10.2. The molecule has 2 aromatic carbocycles. The third kappa shape index (κ3) is 4.17. The highest BCUT2D eigenvalue weighted by atomic mass is 32.1. The molecular formula is C19H20N4O3S. The van der Waals surface area contributed by atoms with Gasteiger partial charge in [0.05, 0.1) is 19.4 Å². The molecule has 0 unspecified atom stereocenters. The Bertz CT molecular complexity index is 1020. The molecule has 0 atom stereocenters. The summed E-state index contributed by atoms with van der Waals surface area (Å²) in [5.74, 6) is 1.64. The smallest absolute Gasteiger partial charge is 0.216 e. The third-order valence-electron chi connectivity index (χ3n) is 3.68. The van der Waals surface area contributed by atoms with E-state index < -0.39 is 0 Å². The van der Waals surface area contributed by atoms with E-state index in [0.29, 0.717) is 21.9 Å². The van der Waals surface area contributed by atoms with E-state index in [2.05, 4.69) is 15.3 Å². The molecule has 3 aromatic rings. The van der Waals surface area contributed by atoms with Crippen molar-refractivity contribution in [2.45, 2.75) is 20.0 Å². The summed E-state index contributed by atoms with van der Waals surface area (Å²) in [5.41, 5.74) is 1.30. The normalized spacial score (nSPS) is 11.3. The summed E-state index contributed by atoms with van der Waals surface area (Å²) < 4.78 is 12.7. The first kappa shape index (κ1) is 18.7. The van der Waals surface area contributed by atoms with Crippen molar-refractivity contribution in [3.8, 4) is 28.6 Å². The number of nitrogens with zero attached hydrogens (tertiary/aromatic N) is 3. The molecule has 0 spiro atoms. The summed E-state index contributed by atoms with van der Waals surface area (Å²) in [6.07, 6.45) is 1.57. The summed E-state index contributed by atoms with van der Waals surface area (Å²) >= 11 is 5.29. The number of rotatable bonds is 6.